The van der Waals surface area contributed by atoms with E-state index in [1.807, 2.05) is 6.07 Å². The number of H-pyrrole nitrogens is 1. The minimum atomic E-state index is -0.297. The van der Waals surface area contributed by atoms with Gasteiger partial charge >= 0.3 is 5.69 Å². The monoisotopic (exact) mass is 311 g/mol. The van der Waals surface area contributed by atoms with Gasteiger partial charge in [0.25, 0.3) is 0 Å². The molecule has 1 saturated carbocycles. The number of imidazole rings is 1. The van der Waals surface area contributed by atoms with Crippen LogP contribution >= 0.6 is 12.4 Å². The van der Waals surface area contributed by atoms with E-state index < -0.39 is 0 Å². The first-order valence-electron chi connectivity index (χ1n) is 7.38. The van der Waals surface area contributed by atoms with Crippen LogP contribution in [0, 0.1) is 5.82 Å². The van der Waals surface area contributed by atoms with Gasteiger partial charge in [0, 0.05) is 6.04 Å². The number of rotatable bonds is 2. The van der Waals surface area contributed by atoms with Crippen molar-refractivity contribution in [3.63, 3.8) is 0 Å². The van der Waals surface area contributed by atoms with Crippen LogP contribution in [0.15, 0.2) is 16.9 Å². The fourth-order valence-electron chi connectivity index (χ4n) is 3.28. The summed E-state index contributed by atoms with van der Waals surface area (Å²) in [5, 5.41) is 3.30. The van der Waals surface area contributed by atoms with Gasteiger partial charge in [-0.2, -0.15) is 0 Å². The van der Waals surface area contributed by atoms with E-state index in [4.69, 9.17) is 0 Å². The van der Waals surface area contributed by atoms with Crippen molar-refractivity contribution < 1.29 is 4.39 Å². The summed E-state index contributed by atoms with van der Waals surface area (Å²) in [5.41, 5.74) is 1.96. The minimum Gasteiger partial charge on any atom is -0.317 e. The van der Waals surface area contributed by atoms with Crippen molar-refractivity contribution in [2.24, 2.45) is 0 Å². The van der Waals surface area contributed by atoms with Gasteiger partial charge in [-0.25, -0.2) is 9.18 Å². The Kier molecular flexibility index (Phi) is 3.80. The van der Waals surface area contributed by atoms with Gasteiger partial charge in [-0.05, 0) is 62.4 Å². The molecule has 1 aliphatic heterocycles. The SMILES string of the molecule is Cl.O=c1[nH]c2c(F)cc(C3CC3)cc2n1C1CCNCC1. The molecule has 1 aromatic heterocycles. The molecular weight excluding hydrogens is 293 g/mol. The molecule has 0 amide bonds. The van der Waals surface area contributed by atoms with Gasteiger partial charge in [0.05, 0.1) is 5.52 Å². The van der Waals surface area contributed by atoms with Gasteiger partial charge in [0.2, 0.25) is 0 Å². The van der Waals surface area contributed by atoms with Crippen molar-refractivity contribution in [2.75, 3.05) is 13.1 Å². The Labute approximate surface area is 128 Å². The van der Waals surface area contributed by atoms with E-state index in [0.717, 1.165) is 49.9 Å². The number of piperidine rings is 1. The van der Waals surface area contributed by atoms with Gasteiger partial charge in [-0.1, -0.05) is 0 Å². The quantitative estimate of drug-likeness (QED) is 0.896. The number of nitrogens with one attached hydrogen (secondary N) is 2. The Balaban J connectivity index is 0.00000132. The van der Waals surface area contributed by atoms with Gasteiger partial charge in [0.15, 0.2) is 0 Å². The Morgan fingerprint density at radius 3 is 2.52 bits per heavy atom. The molecule has 1 aliphatic carbocycles. The summed E-state index contributed by atoms with van der Waals surface area (Å²) in [7, 11) is 0. The lowest BCUT2D eigenvalue weighted by Gasteiger charge is -2.24. The normalized spacial score (nSPS) is 19.7. The smallest absolute Gasteiger partial charge is 0.317 e. The van der Waals surface area contributed by atoms with Crippen molar-refractivity contribution in [3.8, 4) is 0 Å². The van der Waals surface area contributed by atoms with Crippen LogP contribution in [-0.4, -0.2) is 22.6 Å². The lowest BCUT2D eigenvalue weighted by atomic mass is 10.1. The average molecular weight is 312 g/mol. The maximum Gasteiger partial charge on any atom is 0.326 e. The van der Waals surface area contributed by atoms with Crippen LogP contribution in [0.2, 0.25) is 0 Å². The van der Waals surface area contributed by atoms with Crippen molar-refractivity contribution in [3.05, 3.63) is 34.0 Å². The third-order valence-electron chi connectivity index (χ3n) is 4.52. The number of hydrogen-bond donors (Lipinski definition) is 2. The number of fused-ring (bicyclic) bond motifs is 1. The maximum absolute atomic E-state index is 14.2. The van der Waals surface area contributed by atoms with Gasteiger partial charge < -0.3 is 10.3 Å². The zero-order chi connectivity index (χ0) is 13.7. The van der Waals surface area contributed by atoms with Crippen LogP contribution < -0.4 is 11.0 Å². The highest BCUT2D eigenvalue weighted by atomic mass is 35.5. The molecule has 0 atom stereocenters. The summed E-state index contributed by atoms with van der Waals surface area (Å²) in [6.45, 7) is 1.82. The standard InChI is InChI=1S/C15H18FN3O.ClH/c16-12-7-10(9-1-2-9)8-13-14(12)18-15(20)19(13)11-3-5-17-6-4-11;/h7-9,11,17H,1-6H2,(H,18,20);1H. The molecule has 2 heterocycles. The zero-order valence-electron chi connectivity index (χ0n) is 11.7. The van der Waals surface area contributed by atoms with Gasteiger partial charge in [-0.3, -0.25) is 4.57 Å². The first kappa shape index (κ1) is 14.6. The molecule has 114 valence electrons. The molecule has 0 unspecified atom stereocenters. The molecule has 2 aromatic rings. The molecule has 2 N–H and O–H groups in total. The van der Waals surface area contributed by atoms with E-state index in [0.29, 0.717) is 11.4 Å². The molecule has 6 heteroatoms. The van der Waals surface area contributed by atoms with Crippen molar-refractivity contribution in [2.45, 2.75) is 37.6 Å². The van der Waals surface area contributed by atoms with Crippen molar-refractivity contribution in [1.82, 2.24) is 14.9 Å². The van der Waals surface area contributed by atoms with E-state index in [9.17, 15) is 9.18 Å². The summed E-state index contributed by atoms with van der Waals surface area (Å²) in [5.74, 6) is 0.189. The van der Waals surface area contributed by atoms with Crippen molar-refractivity contribution in [1.29, 1.82) is 0 Å². The molecule has 1 aromatic carbocycles. The molecule has 2 aliphatic rings. The lowest BCUT2D eigenvalue weighted by molar-refractivity contribution is 0.368. The highest BCUT2D eigenvalue weighted by Gasteiger charge is 2.27. The zero-order valence-corrected chi connectivity index (χ0v) is 12.5. The number of hydrogen-bond acceptors (Lipinski definition) is 2. The highest BCUT2D eigenvalue weighted by molar-refractivity contribution is 5.85. The highest BCUT2D eigenvalue weighted by Crippen LogP contribution is 2.41. The summed E-state index contributed by atoms with van der Waals surface area (Å²) in [6.07, 6.45) is 4.10. The van der Waals surface area contributed by atoms with Gasteiger partial charge in [-0.15, -0.1) is 12.4 Å². The Bertz CT molecular complexity index is 714. The molecule has 1 saturated heterocycles. The maximum atomic E-state index is 14.2. The molecule has 4 nitrogen and oxygen atoms in total. The van der Waals surface area contributed by atoms with Crippen LogP contribution in [-0.2, 0) is 0 Å². The van der Waals surface area contributed by atoms with Crippen LogP contribution in [0.25, 0.3) is 11.0 Å². The summed E-state index contributed by atoms with van der Waals surface area (Å²) < 4.78 is 16.0. The molecule has 21 heavy (non-hydrogen) atoms. The molecule has 2 fully saturated rings. The van der Waals surface area contributed by atoms with Crippen molar-refractivity contribution >= 4 is 23.4 Å². The predicted molar refractivity (Wildman–Crippen MR) is 82.9 cm³/mol. The van der Waals surface area contributed by atoms with Crippen LogP contribution in [0.5, 0.6) is 0 Å². The van der Waals surface area contributed by atoms with Crippen LogP contribution in [0.1, 0.15) is 43.2 Å². The summed E-state index contributed by atoms with van der Waals surface area (Å²) in [6, 6.07) is 3.77. The fraction of sp³-hybridized carbons (Fsp3) is 0.533. The number of aromatic nitrogens is 2. The van der Waals surface area contributed by atoms with Gasteiger partial charge in [0.1, 0.15) is 11.3 Å². The predicted octanol–water partition coefficient (Wildman–Crippen LogP) is 2.69. The molecule has 4 rings (SSSR count). The second-order valence-corrected chi connectivity index (χ2v) is 5.95. The summed E-state index contributed by atoms with van der Waals surface area (Å²) in [4.78, 5) is 14.9. The molecular formula is C15H19ClFN3O. The number of halogens is 2. The van der Waals surface area contributed by atoms with E-state index in [2.05, 4.69) is 10.3 Å². The number of aromatic amines is 1. The second kappa shape index (κ2) is 5.46. The average Bonchev–Trinajstić information content (AvgIpc) is 3.23. The molecule has 0 bridgehead atoms. The van der Waals surface area contributed by atoms with E-state index >= 15 is 0 Å². The second-order valence-electron chi connectivity index (χ2n) is 5.95. The number of benzene rings is 1. The largest absolute Gasteiger partial charge is 0.326 e. The minimum absolute atomic E-state index is 0. The van der Waals surface area contributed by atoms with E-state index in [1.165, 1.54) is 0 Å². The first-order chi connectivity index (χ1) is 9.74. The van der Waals surface area contributed by atoms with Crippen LogP contribution in [0.4, 0.5) is 4.39 Å². The third kappa shape index (κ3) is 2.49. The Hall–Kier alpha value is -1.33. The molecule has 0 spiro atoms. The topological polar surface area (TPSA) is 49.8 Å². The number of nitrogens with zero attached hydrogens (tertiary/aromatic N) is 1. The Morgan fingerprint density at radius 1 is 1.14 bits per heavy atom. The van der Waals surface area contributed by atoms with E-state index in [-0.39, 0.29) is 30.0 Å². The van der Waals surface area contributed by atoms with E-state index in [1.54, 1.807) is 10.6 Å². The molecule has 0 radical (unpaired) electrons. The fourth-order valence-corrected chi connectivity index (χ4v) is 3.28. The Morgan fingerprint density at radius 2 is 1.86 bits per heavy atom. The van der Waals surface area contributed by atoms with Crippen LogP contribution in [0.3, 0.4) is 0 Å². The lowest BCUT2D eigenvalue weighted by Crippen LogP contribution is -2.33. The summed E-state index contributed by atoms with van der Waals surface area (Å²) >= 11 is 0. The first-order valence-corrected chi connectivity index (χ1v) is 7.38. The third-order valence-corrected chi connectivity index (χ3v) is 4.52.